The molecular weight excluding hydrogens is 358 g/mol. The highest BCUT2D eigenvalue weighted by Gasteiger charge is 2.67. The summed E-state index contributed by atoms with van der Waals surface area (Å²) < 4.78 is 87.2. The van der Waals surface area contributed by atoms with Gasteiger partial charge in [-0.1, -0.05) is 12.2 Å². The minimum atomic E-state index is -5.36. The number of esters is 2. The van der Waals surface area contributed by atoms with Crippen molar-refractivity contribution >= 4 is 18.0 Å². The van der Waals surface area contributed by atoms with Crippen LogP contribution in [0.25, 0.3) is 6.08 Å². The third-order valence-corrected chi connectivity index (χ3v) is 3.29. The normalized spacial score (nSPS) is 12.3. The molecule has 0 aliphatic rings. The van der Waals surface area contributed by atoms with Crippen molar-refractivity contribution in [1.82, 2.24) is 0 Å². The van der Waals surface area contributed by atoms with E-state index >= 15 is 0 Å². The number of benzene rings is 1. The number of rotatable bonds is 5. The monoisotopic (exact) mass is 370 g/mol. The molecule has 0 spiro atoms. The molecule has 1 aromatic rings. The van der Waals surface area contributed by atoms with Crippen LogP contribution in [0.15, 0.2) is 18.2 Å². The van der Waals surface area contributed by atoms with Gasteiger partial charge in [0.2, 0.25) is 0 Å². The van der Waals surface area contributed by atoms with Crippen LogP contribution in [-0.4, -0.2) is 32.3 Å². The summed E-state index contributed by atoms with van der Waals surface area (Å²) in [4.78, 5) is 23.3. The van der Waals surface area contributed by atoms with Crippen LogP contribution in [0.5, 0.6) is 0 Å². The number of carbonyl (C=O) groups is 2. The van der Waals surface area contributed by atoms with E-state index in [1.807, 2.05) is 0 Å². The Morgan fingerprint density at radius 1 is 1.00 bits per heavy atom. The van der Waals surface area contributed by atoms with Gasteiger partial charge in [0.15, 0.2) is 17.5 Å². The lowest BCUT2D eigenvalue weighted by atomic mass is 9.83. The number of halogens is 6. The first-order chi connectivity index (χ1) is 11.5. The van der Waals surface area contributed by atoms with Gasteiger partial charge in [0.05, 0.1) is 14.2 Å². The zero-order valence-electron chi connectivity index (χ0n) is 12.9. The number of alkyl halides is 3. The Balaban J connectivity index is 3.27. The van der Waals surface area contributed by atoms with Gasteiger partial charge < -0.3 is 9.47 Å². The van der Waals surface area contributed by atoms with Crippen molar-refractivity contribution < 1.29 is 45.4 Å². The van der Waals surface area contributed by atoms with E-state index in [0.29, 0.717) is 32.4 Å². The van der Waals surface area contributed by atoms with Gasteiger partial charge in [0.1, 0.15) is 0 Å². The Morgan fingerprint density at radius 2 is 1.44 bits per heavy atom. The zero-order chi connectivity index (χ0) is 19.4. The van der Waals surface area contributed by atoms with Crippen molar-refractivity contribution in [3.63, 3.8) is 0 Å². The molecule has 138 valence electrons. The van der Waals surface area contributed by atoms with Gasteiger partial charge in [-0.15, -0.1) is 0 Å². The maximum atomic E-state index is 13.4. The molecule has 0 bridgehead atoms. The Kier molecular flexibility index (Phi) is 6.22. The highest BCUT2D eigenvalue weighted by molar-refractivity contribution is 6.01. The van der Waals surface area contributed by atoms with Crippen LogP contribution in [0.1, 0.15) is 12.0 Å². The molecule has 0 unspecified atom stereocenters. The number of hydrogen-bond donors (Lipinski definition) is 0. The summed E-state index contributed by atoms with van der Waals surface area (Å²) in [7, 11) is 1.31. The van der Waals surface area contributed by atoms with Gasteiger partial charge in [-0.05, 0) is 17.7 Å². The van der Waals surface area contributed by atoms with Gasteiger partial charge >= 0.3 is 18.1 Å². The fraction of sp³-hybridized carbons (Fsp3) is 0.333. The minimum Gasteiger partial charge on any atom is -0.468 e. The molecule has 4 nitrogen and oxygen atoms in total. The molecule has 0 radical (unpaired) electrons. The molecule has 0 saturated heterocycles. The van der Waals surface area contributed by atoms with Gasteiger partial charge in [-0.3, -0.25) is 9.59 Å². The Hall–Kier alpha value is -2.52. The van der Waals surface area contributed by atoms with Crippen molar-refractivity contribution in [3.8, 4) is 0 Å². The number of carbonyl (C=O) groups excluding carboxylic acids is 2. The Morgan fingerprint density at radius 3 is 1.80 bits per heavy atom. The Bertz CT molecular complexity index is 657. The van der Waals surface area contributed by atoms with Gasteiger partial charge in [0.25, 0.3) is 5.41 Å². The van der Waals surface area contributed by atoms with Crippen LogP contribution in [0.2, 0.25) is 0 Å². The summed E-state index contributed by atoms with van der Waals surface area (Å²) in [6.45, 7) is 0. The number of ether oxygens (including phenoxy) is 2. The summed E-state index contributed by atoms with van der Waals surface area (Å²) >= 11 is 0. The molecule has 25 heavy (non-hydrogen) atoms. The van der Waals surface area contributed by atoms with E-state index in [0.717, 1.165) is 6.08 Å². The van der Waals surface area contributed by atoms with Crippen LogP contribution in [-0.2, 0) is 19.1 Å². The molecule has 1 aromatic carbocycles. The number of methoxy groups -OCH3 is 2. The van der Waals surface area contributed by atoms with Crippen molar-refractivity contribution in [2.45, 2.75) is 12.6 Å². The molecule has 1 rings (SSSR count). The molecule has 0 heterocycles. The predicted molar refractivity (Wildman–Crippen MR) is 72.5 cm³/mol. The highest BCUT2D eigenvalue weighted by Crippen LogP contribution is 2.44. The van der Waals surface area contributed by atoms with Crippen LogP contribution in [0.4, 0.5) is 26.3 Å². The summed E-state index contributed by atoms with van der Waals surface area (Å²) in [5, 5.41) is 0. The maximum Gasteiger partial charge on any atom is 0.415 e. The second-order valence-corrected chi connectivity index (χ2v) is 4.79. The molecule has 0 N–H and O–H groups in total. The van der Waals surface area contributed by atoms with Crippen molar-refractivity contribution in [1.29, 1.82) is 0 Å². The molecule has 0 atom stereocenters. The molecule has 0 amide bonds. The van der Waals surface area contributed by atoms with Gasteiger partial charge in [-0.2, -0.15) is 13.2 Å². The van der Waals surface area contributed by atoms with E-state index in [1.54, 1.807) is 0 Å². The maximum absolute atomic E-state index is 13.4. The molecule has 0 saturated carbocycles. The Labute approximate surface area is 138 Å². The zero-order valence-corrected chi connectivity index (χ0v) is 12.9. The minimum absolute atomic E-state index is 0.317. The van der Waals surface area contributed by atoms with Crippen molar-refractivity contribution in [2.75, 3.05) is 14.2 Å². The first-order valence-corrected chi connectivity index (χ1v) is 6.56. The molecular formula is C15H12F6O4. The van der Waals surface area contributed by atoms with E-state index < -0.39 is 47.4 Å². The molecule has 0 fully saturated rings. The van der Waals surface area contributed by atoms with Crippen molar-refractivity contribution in [2.24, 2.45) is 5.41 Å². The van der Waals surface area contributed by atoms with Crippen LogP contribution in [0.3, 0.4) is 0 Å². The summed E-state index contributed by atoms with van der Waals surface area (Å²) in [5.74, 6) is -8.67. The smallest absolute Gasteiger partial charge is 0.415 e. The fourth-order valence-electron chi connectivity index (χ4n) is 1.99. The SMILES string of the molecule is COC(=O)C(C/C=C/c1cc(F)c(F)c(F)c1)(C(=O)OC)C(F)(F)F. The largest absolute Gasteiger partial charge is 0.468 e. The molecule has 0 aliphatic carbocycles. The quantitative estimate of drug-likeness (QED) is 0.345. The van der Waals surface area contributed by atoms with E-state index in [4.69, 9.17) is 0 Å². The van der Waals surface area contributed by atoms with E-state index in [1.165, 1.54) is 0 Å². The van der Waals surface area contributed by atoms with Gasteiger partial charge in [-0.25, -0.2) is 13.2 Å². The van der Waals surface area contributed by atoms with E-state index in [2.05, 4.69) is 9.47 Å². The van der Waals surface area contributed by atoms with E-state index in [-0.39, 0.29) is 5.56 Å². The van der Waals surface area contributed by atoms with E-state index in [9.17, 15) is 35.9 Å². The fourth-order valence-corrected chi connectivity index (χ4v) is 1.99. The molecule has 10 heteroatoms. The summed E-state index contributed by atoms with van der Waals surface area (Å²) in [5.41, 5.74) is -3.97. The lowest BCUT2D eigenvalue weighted by Crippen LogP contribution is -2.52. The third-order valence-electron chi connectivity index (χ3n) is 3.29. The van der Waals surface area contributed by atoms with Crippen LogP contribution in [0, 0.1) is 22.9 Å². The highest BCUT2D eigenvalue weighted by atomic mass is 19.4. The topological polar surface area (TPSA) is 52.6 Å². The number of allylic oxidation sites excluding steroid dienone is 1. The lowest BCUT2D eigenvalue weighted by Gasteiger charge is -2.29. The average molecular weight is 370 g/mol. The van der Waals surface area contributed by atoms with Crippen LogP contribution >= 0.6 is 0 Å². The molecule has 0 aromatic heterocycles. The average Bonchev–Trinajstić information content (AvgIpc) is 2.53. The summed E-state index contributed by atoms with van der Waals surface area (Å²) in [6, 6.07) is 1.06. The second-order valence-electron chi connectivity index (χ2n) is 4.79. The lowest BCUT2D eigenvalue weighted by molar-refractivity contribution is -0.237. The predicted octanol–water partition coefficient (Wildman–Crippen LogP) is 3.40. The first kappa shape index (κ1) is 20.5. The van der Waals surface area contributed by atoms with Gasteiger partial charge in [0, 0.05) is 6.42 Å². The second kappa shape index (κ2) is 7.58. The summed E-state index contributed by atoms with van der Waals surface area (Å²) in [6.07, 6.45) is -5.15. The first-order valence-electron chi connectivity index (χ1n) is 6.56. The number of hydrogen-bond acceptors (Lipinski definition) is 4. The van der Waals surface area contributed by atoms with Crippen molar-refractivity contribution in [3.05, 3.63) is 41.2 Å². The third kappa shape index (κ3) is 3.94. The standard InChI is InChI=1S/C15H12F6O4/c1-24-12(22)14(13(23)25-2,15(19,20)21)5-3-4-8-6-9(16)11(18)10(17)7-8/h3-4,6-7H,5H2,1-2H3/b4-3+. The molecule has 0 aliphatic heterocycles. The van der Waals surface area contributed by atoms with Crippen LogP contribution < -0.4 is 0 Å².